The summed E-state index contributed by atoms with van der Waals surface area (Å²) < 4.78 is 0. The Labute approximate surface area is 127 Å². The van der Waals surface area contributed by atoms with E-state index in [1.165, 1.54) is 24.8 Å². The maximum atomic E-state index is 12.4. The van der Waals surface area contributed by atoms with E-state index in [-0.39, 0.29) is 17.5 Å². The van der Waals surface area contributed by atoms with Gasteiger partial charge in [-0.15, -0.1) is 0 Å². The molecule has 3 N–H and O–H groups in total. The number of benzene rings is 1. The van der Waals surface area contributed by atoms with Gasteiger partial charge in [0.05, 0.1) is 6.04 Å². The second-order valence-electron chi connectivity index (χ2n) is 6.89. The Hall–Kier alpha value is -1.35. The van der Waals surface area contributed by atoms with Gasteiger partial charge in [-0.05, 0) is 37.2 Å². The van der Waals surface area contributed by atoms with Crippen LogP contribution in [0.4, 0.5) is 0 Å². The van der Waals surface area contributed by atoms with Gasteiger partial charge in [-0.25, -0.2) is 0 Å². The lowest BCUT2D eigenvalue weighted by Crippen LogP contribution is -2.46. The maximum absolute atomic E-state index is 12.4. The fraction of sp³-hybridized carbons (Fsp3) is 0.611. The van der Waals surface area contributed by atoms with Gasteiger partial charge in [-0.3, -0.25) is 4.79 Å². The van der Waals surface area contributed by atoms with E-state index in [4.69, 9.17) is 5.73 Å². The minimum Gasteiger partial charge on any atom is -0.349 e. The maximum Gasteiger partial charge on any atom is 0.222 e. The number of hydrogen-bond acceptors (Lipinski definition) is 2. The van der Waals surface area contributed by atoms with Crippen LogP contribution in [0.25, 0.3) is 0 Å². The van der Waals surface area contributed by atoms with Crippen LogP contribution < -0.4 is 11.1 Å². The van der Waals surface area contributed by atoms with Crippen LogP contribution in [-0.4, -0.2) is 11.4 Å². The highest BCUT2D eigenvalue weighted by Gasteiger charge is 2.35. The Balaban J connectivity index is 1.62. The zero-order valence-corrected chi connectivity index (χ0v) is 12.7. The SMILES string of the molecule is NC1(CC(=O)NC(c2ccccc2)C2CC2)CCCCC1. The first kappa shape index (κ1) is 14.6. The smallest absolute Gasteiger partial charge is 0.222 e. The van der Waals surface area contributed by atoms with Gasteiger partial charge < -0.3 is 11.1 Å². The van der Waals surface area contributed by atoms with Crippen molar-refractivity contribution in [3.05, 3.63) is 35.9 Å². The number of carbonyl (C=O) groups excluding carboxylic acids is 1. The van der Waals surface area contributed by atoms with Crippen molar-refractivity contribution in [3.63, 3.8) is 0 Å². The highest BCUT2D eigenvalue weighted by Crippen LogP contribution is 2.41. The molecule has 21 heavy (non-hydrogen) atoms. The molecule has 2 aliphatic rings. The van der Waals surface area contributed by atoms with Gasteiger partial charge in [0.25, 0.3) is 0 Å². The molecule has 1 aromatic rings. The third kappa shape index (κ3) is 3.85. The van der Waals surface area contributed by atoms with Gasteiger partial charge in [0.2, 0.25) is 5.91 Å². The molecule has 0 aliphatic heterocycles. The standard InChI is InChI=1S/C18H26N2O/c19-18(11-5-2-6-12-18)13-16(21)20-17(15-9-10-15)14-7-3-1-4-8-14/h1,3-4,7-8,15,17H,2,5-6,9-13,19H2,(H,20,21). The Morgan fingerprint density at radius 2 is 1.86 bits per heavy atom. The van der Waals surface area contributed by atoms with Crippen molar-refractivity contribution in [2.24, 2.45) is 11.7 Å². The molecule has 2 aliphatic carbocycles. The van der Waals surface area contributed by atoms with Gasteiger partial charge in [-0.1, -0.05) is 49.6 Å². The quantitative estimate of drug-likeness (QED) is 0.872. The summed E-state index contributed by atoms with van der Waals surface area (Å²) in [5.74, 6) is 0.733. The molecule has 3 heteroatoms. The van der Waals surface area contributed by atoms with Gasteiger partial charge in [0.15, 0.2) is 0 Å². The monoisotopic (exact) mass is 286 g/mol. The highest BCUT2D eigenvalue weighted by molar-refractivity contribution is 5.77. The van der Waals surface area contributed by atoms with Crippen LogP contribution in [0.1, 0.15) is 63.0 Å². The molecule has 0 aromatic heterocycles. The molecule has 0 heterocycles. The molecule has 2 saturated carbocycles. The van der Waals surface area contributed by atoms with Crippen molar-refractivity contribution < 1.29 is 4.79 Å². The first-order chi connectivity index (χ1) is 10.2. The predicted molar refractivity (Wildman–Crippen MR) is 84.7 cm³/mol. The third-order valence-electron chi connectivity index (χ3n) is 4.93. The molecular formula is C18H26N2O. The Bertz CT molecular complexity index is 475. The van der Waals surface area contributed by atoms with E-state index in [0.717, 1.165) is 25.7 Å². The fourth-order valence-electron chi connectivity index (χ4n) is 3.54. The number of carbonyl (C=O) groups is 1. The number of amides is 1. The molecule has 1 unspecified atom stereocenters. The van der Waals surface area contributed by atoms with Crippen molar-refractivity contribution >= 4 is 5.91 Å². The average molecular weight is 286 g/mol. The van der Waals surface area contributed by atoms with Crippen molar-refractivity contribution in [2.45, 2.75) is 62.9 Å². The van der Waals surface area contributed by atoms with Gasteiger partial charge in [-0.2, -0.15) is 0 Å². The fourth-order valence-corrected chi connectivity index (χ4v) is 3.54. The van der Waals surface area contributed by atoms with Crippen LogP contribution in [0, 0.1) is 5.92 Å². The van der Waals surface area contributed by atoms with E-state index in [9.17, 15) is 4.79 Å². The van der Waals surface area contributed by atoms with Crippen LogP contribution in [0.3, 0.4) is 0 Å². The molecule has 3 nitrogen and oxygen atoms in total. The molecular weight excluding hydrogens is 260 g/mol. The van der Waals surface area contributed by atoms with Gasteiger partial charge in [0, 0.05) is 12.0 Å². The first-order valence-corrected chi connectivity index (χ1v) is 8.29. The van der Waals surface area contributed by atoms with Gasteiger partial charge in [0.1, 0.15) is 0 Å². The van der Waals surface area contributed by atoms with E-state index in [1.54, 1.807) is 0 Å². The lowest BCUT2D eigenvalue weighted by molar-refractivity contribution is -0.123. The normalized spacial score (nSPS) is 22.5. The predicted octanol–water partition coefficient (Wildman–Crippen LogP) is 3.31. The summed E-state index contributed by atoms with van der Waals surface area (Å²) in [6.45, 7) is 0. The molecule has 1 atom stereocenters. The van der Waals surface area contributed by atoms with Crippen LogP contribution >= 0.6 is 0 Å². The lowest BCUT2D eigenvalue weighted by Gasteiger charge is -2.33. The first-order valence-electron chi connectivity index (χ1n) is 8.29. The minimum atomic E-state index is -0.271. The molecule has 114 valence electrons. The summed E-state index contributed by atoms with van der Waals surface area (Å²) >= 11 is 0. The molecule has 3 rings (SSSR count). The Kier molecular flexibility index (Phi) is 4.29. The number of nitrogens with two attached hydrogens (primary N) is 1. The molecule has 0 radical (unpaired) electrons. The topological polar surface area (TPSA) is 55.1 Å². The van der Waals surface area contributed by atoms with Crippen molar-refractivity contribution in [1.29, 1.82) is 0 Å². The van der Waals surface area contributed by atoms with Crippen LogP contribution in [0.5, 0.6) is 0 Å². The van der Waals surface area contributed by atoms with E-state index in [2.05, 4.69) is 17.4 Å². The third-order valence-corrected chi connectivity index (χ3v) is 4.93. The molecule has 2 fully saturated rings. The molecule has 1 aromatic carbocycles. The zero-order valence-electron chi connectivity index (χ0n) is 12.7. The van der Waals surface area contributed by atoms with Crippen LogP contribution in [-0.2, 0) is 4.79 Å². The summed E-state index contributed by atoms with van der Waals surface area (Å²) in [6.07, 6.45) is 8.46. The van der Waals surface area contributed by atoms with E-state index < -0.39 is 0 Å². The van der Waals surface area contributed by atoms with Crippen molar-refractivity contribution in [3.8, 4) is 0 Å². The molecule has 0 saturated heterocycles. The average Bonchev–Trinajstić information content (AvgIpc) is 3.30. The second-order valence-corrected chi connectivity index (χ2v) is 6.89. The Morgan fingerprint density at radius 1 is 1.19 bits per heavy atom. The van der Waals surface area contributed by atoms with Crippen molar-refractivity contribution in [1.82, 2.24) is 5.32 Å². The van der Waals surface area contributed by atoms with Crippen LogP contribution in [0.15, 0.2) is 30.3 Å². The molecule has 1 amide bonds. The summed E-state index contributed by atoms with van der Waals surface area (Å²) in [5.41, 5.74) is 7.36. The summed E-state index contributed by atoms with van der Waals surface area (Å²) in [5, 5.41) is 3.25. The van der Waals surface area contributed by atoms with Crippen LogP contribution in [0.2, 0.25) is 0 Å². The minimum absolute atomic E-state index is 0.125. The zero-order chi connectivity index (χ0) is 14.7. The Morgan fingerprint density at radius 3 is 2.48 bits per heavy atom. The highest BCUT2D eigenvalue weighted by atomic mass is 16.1. The second kappa shape index (κ2) is 6.18. The summed E-state index contributed by atoms with van der Waals surface area (Å²) in [7, 11) is 0. The number of rotatable bonds is 5. The van der Waals surface area contributed by atoms with Crippen molar-refractivity contribution in [2.75, 3.05) is 0 Å². The summed E-state index contributed by atoms with van der Waals surface area (Å²) in [6, 6.07) is 10.5. The summed E-state index contributed by atoms with van der Waals surface area (Å²) in [4.78, 5) is 12.4. The van der Waals surface area contributed by atoms with E-state index >= 15 is 0 Å². The van der Waals surface area contributed by atoms with E-state index in [1.807, 2.05) is 18.2 Å². The molecule has 0 bridgehead atoms. The number of hydrogen-bond donors (Lipinski definition) is 2. The van der Waals surface area contributed by atoms with E-state index in [0.29, 0.717) is 12.3 Å². The molecule has 0 spiro atoms. The largest absolute Gasteiger partial charge is 0.349 e. The number of nitrogens with one attached hydrogen (secondary N) is 1. The lowest BCUT2D eigenvalue weighted by atomic mass is 9.80. The van der Waals surface area contributed by atoms with Gasteiger partial charge >= 0.3 is 0 Å².